The van der Waals surface area contributed by atoms with Gasteiger partial charge in [-0.2, -0.15) is 0 Å². The van der Waals surface area contributed by atoms with Crippen molar-refractivity contribution in [3.63, 3.8) is 0 Å². The van der Waals surface area contributed by atoms with E-state index >= 15 is 0 Å². The lowest BCUT2D eigenvalue weighted by molar-refractivity contribution is 0.00970. The lowest BCUT2D eigenvalue weighted by Crippen LogP contribution is -2.42. The molecule has 0 aliphatic heterocycles. The van der Waals surface area contributed by atoms with E-state index in [2.05, 4.69) is 66.0 Å². The van der Waals surface area contributed by atoms with Gasteiger partial charge in [-0.15, -0.1) is 11.3 Å². The van der Waals surface area contributed by atoms with E-state index in [9.17, 15) is 5.11 Å². The number of nitrogens with zero attached hydrogens (tertiary/aromatic N) is 1. The first-order chi connectivity index (χ1) is 11.6. The highest BCUT2D eigenvalue weighted by Gasteiger charge is 2.37. The van der Waals surface area contributed by atoms with Crippen LogP contribution in [0.15, 0.2) is 41.8 Å². The monoisotopic (exact) mass is 344 g/mol. The normalized spacial score (nSPS) is 23.5. The Kier molecular flexibility index (Phi) is 5.59. The van der Waals surface area contributed by atoms with Crippen LogP contribution >= 0.6 is 11.3 Å². The van der Waals surface area contributed by atoms with Crippen LogP contribution in [-0.4, -0.2) is 24.3 Å². The number of nitrogens with one attached hydrogen (secondary N) is 1. The maximum Gasteiger partial charge on any atom is 0.0797 e. The van der Waals surface area contributed by atoms with Crippen LogP contribution in [0.25, 0.3) is 0 Å². The maximum atomic E-state index is 10.6. The van der Waals surface area contributed by atoms with E-state index in [0.717, 1.165) is 32.4 Å². The van der Waals surface area contributed by atoms with Crippen molar-refractivity contribution >= 4 is 17.0 Å². The molecule has 1 fully saturated rings. The molecule has 2 unspecified atom stereocenters. The van der Waals surface area contributed by atoms with Crippen molar-refractivity contribution in [3.05, 3.63) is 52.2 Å². The Balaban J connectivity index is 1.49. The lowest BCUT2D eigenvalue weighted by atomic mass is 9.92. The molecular weight excluding hydrogens is 316 g/mol. The Bertz CT molecular complexity index is 626. The van der Waals surface area contributed by atoms with E-state index in [0.29, 0.717) is 12.5 Å². The molecule has 1 saturated carbocycles. The van der Waals surface area contributed by atoms with Crippen molar-refractivity contribution in [1.82, 2.24) is 5.32 Å². The highest BCUT2D eigenvalue weighted by molar-refractivity contribution is 7.09. The van der Waals surface area contributed by atoms with Crippen LogP contribution < -0.4 is 10.2 Å². The Hall–Kier alpha value is -1.36. The summed E-state index contributed by atoms with van der Waals surface area (Å²) >= 11 is 1.80. The van der Waals surface area contributed by atoms with Crippen LogP contribution in [0.4, 0.5) is 5.69 Å². The number of hydrogen-bond acceptors (Lipinski definition) is 4. The SMILES string of the molecule is CC1CCCC1(O)CNCc1ccc(N(C)Cc2cccs2)cc1. The number of thiophene rings is 1. The smallest absolute Gasteiger partial charge is 0.0797 e. The van der Waals surface area contributed by atoms with Crippen LogP contribution in [0.1, 0.15) is 36.6 Å². The predicted molar refractivity (Wildman–Crippen MR) is 103 cm³/mol. The summed E-state index contributed by atoms with van der Waals surface area (Å²) in [5.74, 6) is 0.401. The van der Waals surface area contributed by atoms with E-state index in [4.69, 9.17) is 0 Å². The second-order valence-electron chi connectivity index (χ2n) is 7.10. The number of hydrogen-bond donors (Lipinski definition) is 2. The van der Waals surface area contributed by atoms with Gasteiger partial charge >= 0.3 is 0 Å². The zero-order valence-electron chi connectivity index (χ0n) is 14.7. The fourth-order valence-corrected chi connectivity index (χ4v) is 4.27. The van der Waals surface area contributed by atoms with Crippen LogP contribution in [0.3, 0.4) is 0 Å². The summed E-state index contributed by atoms with van der Waals surface area (Å²) in [4.78, 5) is 3.65. The largest absolute Gasteiger partial charge is 0.388 e. The first kappa shape index (κ1) is 17.5. The summed E-state index contributed by atoms with van der Waals surface area (Å²) in [6.07, 6.45) is 3.21. The summed E-state index contributed by atoms with van der Waals surface area (Å²) in [6.45, 7) is 4.60. The van der Waals surface area contributed by atoms with Crippen molar-refractivity contribution in [2.24, 2.45) is 5.92 Å². The quantitative estimate of drug-likeness (QED) is 0.796. The minimum Gasteiger partial charge on any atom is -0.388 e. The Morgan fingerprint density at radius 2 is 2.08 bits per heavy atom. The van der Waals surface area contributed by atoms with Gasteiger partial charge in [-0.1, -0.05) is 31.5 Å². The predicted octanol–water partition coefficient (Wildman–Crippen LogP) is 4.03. The third kappa shape index (κ3) is 4.18. The third-order valence-corrected chi connectivity index (χ3v) is 6.14. The van der Waals surface area contributed by atoms with Crippen molar-refractivity contribution in [1.29, 1.82) is 0 Å². The summed E-state index contributed by atoms with van der Waals surface area (Å²) in [5, 5.41) is 16.2. The summed E-state index contributed by atoms with van der Waals surface area (Å²) in [6, 6.07) is 13.0. The summed E-state index contributed by atoms with van der Waals surface area (Å²) in [7, 11) is 2.13. The second-order valence-corrected chi connectivity index (χ2v) is 8.13. The lowest BCUT2D eigenvalue weighted by Gasteiger charge is -2.28. The van der Waals surface area contributed by atoms with E-state index < -0.39 is 5.60 Å². The molecule has 2 aromatic rings. The highest BCUT2D eigenvalue weighted by atomic mass is 32.1. The van der Waals surface area contributed by atoms with Gasteiger partial charge in [0.05, 0.1) is 12.1 Å². The number of rotatable bonds is 7. The molecule has 1 aromatic carbocycles. The summed E-state index contributed by atoms with van der Waals surface area (Å²) in [5.41, 5.74) is 1.98. The van der Waals surface area contributed by atoms with Crippen molar-refractivity contribution in [3.8, 4) is 0 Å². The molecule has 3 rings (SSSR count). The van der Waals surface area contributed by atoms with Gasteiger partial charge in [0.15, 0.2) is 0 Å². The molecule has 0 amide bonds. The molecule has 0 bridgehead atoms. The number of anilines is 1. The number of benzene rings is 1. The van der Waals surface area contributed by atoms with E-state index in [1.54, 1.807) is 11.3 Å². The van der Waals surface area contributed by atoms with Gasteiger partial charge in [-0.3, -0.25) is 0 Å². The van der Waals surface area contributed by atoms with Crippen molar-refractivity contribution in [2.75, 3.05) is 18.5 Å². The van der Waals surface area contributed by atoms with E-state index in [1.165, 1.54) is 16.1 Å². The first-order valence-electron chi connectivity index (χ1n) is 8.82. The van der Waals surface area contributed by atoms with E-state index in [-0.39, 0.29) is 0 Å². The van der Waals surface area contributed by atoms with Gasteiger partial charge in [0.1, 0.15) is 0 Å². The van der Waals surface area contributed by atoms with Crippen LogP contribution in [-0.2, 0) is 13.1 Å². The average Bonchev–Trinajstić information content (AvgIpc) is 3.19. The van der Waals surface area contributed by atoms with Crippen LogP contribution in [0, 0.1) is 5.92 Å². The Labute approximate surface area is 149 Å². The van der Waals surface area contributed by atoms with Gasteiger partial charge in [-0.05, 0) is 47.9 Å². The standard InChI is InChI=1S/C20H28N2OS/c1-16-5-3-11-20(16,23)15-21-13-17-7-9-18(10-8-17)22(2)14-19-6-4-12-24-19/h4,6-10,12,16,21,23H,3,5,11,13-15H2,1-2H3. The molecule has 2 N–H and O–H groups in total. The topological polar surface area (TPSA) is 35.5 Å². The second kappa shape index (κ2) is 7.68. The molecule has 2 atom stereocenters. The molecule has 1 aliphatic rings. The molecule has 0 spiro atoms. The third-order valence-electron chi connectivity index (χ3n) is 5.27. The molecule has 1 aliphatic carbocycles. The highest BCUT2D eigenvalue weighted by Crippen LogP contribution is 2.34. The number of aliphatic hydroxyl groups is 1. The Morgan fingerprint density at radius 3 is 2.71 bits per heavy atom. The van der Waals surface area contributed by atoms with Gasteiger partial charge in [0, 0.05) is 30.7 Å². The van der Waals surface area contributed by atoms with Gasteiger partial charge in [0.2, 0.25) is 0 Å². The van der Waals surface area contributed by atoms with Crippen molar-refractivity contribution in [2.45, 2.75) is 44.9 Å². The average molecular weight is 345 g/mol. The minimum atomic E-state index is -0.513. The zero-order valence-corrected chi connectivity index (χ0v) is 15.5. The molecule has 130 valence electrons. The molecule has 1 heterocycles. The maximum absolute atomic E-state index is 10.6. The first-order valence-corrected chi connectivity index (χ1v) is 9.70. The molecule has 0 saturated heterocycles. The van der Waals surface area contributed by atoms with Crippen LogP contribution in [0.5, 0.6) is 0 Å². The molecule has 3 nitrogen and oxygen atoms in total. The van der Waals surface area contributed by atoms with Crippen LogP contribution in [0.2, 0.25) is 0 Å². The van der Waals surface area contributed by atoms with E-state index in [1.807, 2.05) is 0 Å². The van der Waals surface area contributed by atoms with Gasteiger partial charge in [0.25, 0.3) is 0 Å². The molecule has 24 heavy (non-hydrogen) atoms. The minimum absolute atomic E-state index is 0.401. The fraction of sp³-hybridized carbons (Fsp3) is 0.500. The van der Waals surface area contributed by atoms with Gasteiger partial charge in [-0.25, -0.2) is 0 Å². The molecule has 1 aromatic heterocycles. The molecule has 0 radical (unpaired) electrons. The zero-order chi connectivity index (χ0) is 17.0. The van der Waals surface area contributed by atoms with Crippen molar-refractivity contribution < 1.29 is 5.11 Å². The Morgan fingerprint density at radius 1 is 1.29 bits per heavy atom. The molecular formula is C20H28N2OS. The fourth-order valence-electron chi connectivity index (χ4n) is 3.51. The van der Waals surface area contributed by atoms with Gasteiger partial charge < -0.3 is 15.3 Å². The summed E-state index contributed by atoms with van der Waals surface area (Å²) < 4.78 is 0. The molecule has 4 heteroatoms.